The highest BCUT2D eigenvalue weighted by Gasteiger charge is 2.29. The molecule has 7 heteroatoms. The summed E-state index contributed by atoms with van der Waals surface area (Å²) in [4.78, 5) is 0. The Morgan fingerprint density at radius 2 is 2.27 bits per heavy atom. The van der Waals surface area contributed by atoms with Crippen LogP contribution in [0.3, 0.4) is 0 Å². The van der Waals surface area contributed by atoms with Crippen LogP contribution in [0.1, 0.15) is 24.2 Å². The van der Waals surface area contributed by atoms with Crippen molar-refractivity contribution in [1.82, 2.24) is 10.3 Å². The maximum Gasteiger partial charge on any atom is 0.194 e. The first-order valence-corrected chi connectivity index (χ1v) is 4.68. The molecular formula is C8H12N4O3. The Morgan fingerprint density at radius 3 is 2.87 bits per heavy atom. The van der Waals surface area contributed by atoms with E-state index in [9.17, 15) is 0 Å². The van der Waals surface area contributed by atoms with Crippen molar-refractivity contribution in [2.75, 3.05) is 0 Å². The zero-order valence-electron chi connectivity index (χ0n) is 8.00. The van der Waals surface area contributed by atoms with Crippen LogP contribution in [0.2, 0.25) is 0 Å². The average Bonchev–Trinajstić information content (AvgIpc) is 2.62. The first-order valence-electron chi connectivity index (χ1n) is 4.68. The fourth-order valence-corrected chi connectivity index (χ4v) is 1.72. The van der Waals surface area contributed by atoms with Gasteiger partial charge in [0.15, 0.2) is 11.5 Å². The van der Waals surface area contributed by atoms with Gasteiger partial charge >= 0.3 is 0 Å². The van der Waals surface area contributed by atoms with Crippen molar-refractivity contribution in [3.63, 3.8) is 0 Å². The van der Waals surface area contributed by atoms with Crippen molar-refractivity contribution in [2.45, 2.75) is 25.4 Å². The van der Waals surface area contributed by atoms with Crippen LogP contribution in [0.5, 0.6) is 0 Å². The van der Waals surface area contributed by atoms with Crippen LogP contribution in [0.15, 0.2) is 9.78 Å². The molecule has 7 nitrogen and oxygen atoms in total. The highest BCUT2D eigenvalue weighted by Crippen LogP contribution is 2.30. The molecule has 0 radical (unpaired) electrons. The lowest BCUT2D eigenvalue weighted by atomic mass is 9.79. The first kappa shape index (κ1) is 9.91. The van der Waals surface area contributed by atoms with Gasteiger partial charge in [0.1, 0.15) is 5.69 Å². The standard InChI is InChI=1S/C8H12N4O3/c9-8(10-14)7-6(11-15-12-7)3-4-1-5(13)2-4/h4-5,13-14H,1-3H2,(H2,9,10). The van der Waals surface area contributed by atoms with Gasteiger partial charge in [-0.1, -0.05) is 10.3 Å². The predicted octanol–water partition coefficient (Wildman–Crippen LogP) is -0.523. The van der Waals surface area contributed by atoms with E-state index in [4.69, 9.17) is 16.0 Å². The molecule has 4 N–H and O–H groups in total. The van der Waals surface area contributed by atoms with Crippen LogP contribution in [0, 0.1) is 5.92 Å². The zero-order valence-corrected chi connectivity index (χ0v) is 8.00. The number of hydrogen-bond acceptors (Lipinski definition) is 6. The number of nitrogens with zero attached hydrogens (tertiary/aromatic N) is 3. The largest absolute Gasteiger partial charge is 0.409 e. The van der Waals surface area contributed by atoms with Crippen LogP contribution in [0.25, 0.3) is 0 Å². The van der Waals surface area contributed by atoms with Crippen molar-refractivity contribution in [3.8, 4) is 0 Å². The molecule has 0 saturated heterocycles. The molecule has 1 aliphatic rings. The maximum atomic E-state index is 9.12. The Hall–Kier alpha value is -1.63. The van der Waals surface area contributed by atoms with E-state index in [2.05, 4.69) is 20.1 Å². The molecule has 0 bridgehead atoms. The van der Waals surface area contributed by atoms with Gasteiger partial charge in [-0.25, -0.2) is 4.63 Å². The number of nitrogens with two attached hydrogens (primary N) is 1. The molecule has 0 amide bonds. The van der Waals surface area contributed by atoms with E-state index in [0.29, 0.717) is 18.0 Å². The zero-order chi connectivity index (χ0) is 10.8. The van der Waals surface area contributed by atoms with Crippen molar-refractivity contribution >= 4 is 5.84 Å². The molecule has 0 atom stereocenters. The molecule has 15 heavy (non-hydrogen) atoms. The van der Waals surface area contributed by atoms with Crippen molar-refractivity contribution in [1.29, 1.82) is 0 Å². The lowest BCUT2D eigenvalue weighted by Crippen LogP contribution is -2.30. The van der Waals surface area contributed by atoms with Gasteiger partial charge in [-0.05, 0) is 30.3 Å². The number of aliphatic hydroxyl groups is 1. The summed E-state index contributed by atoms with van der Waals surface area (Å²) in [5, 5.41) is 27.7. The van der Waals surface area contributed by atoms with E-state index < -0.39 is 0 Å². The number of hydrogen-bond donors (Lipinski definition) is 3. The summed E-state index contributed by atoms with van der Waals surface area (Å²) in [6.45, 7) is 0. The fourth-order valence-electron chi connectivity index (χ4n) is 1.72. The number of amidine groups is 1. The summed E-state index contributed by atoms with van der Waals surface area (Å²) in [7, 11) is 0. The molecule has 2 rings (SSSR count). The Kier molecular flexibility index (Phi) is 2.55. The summed E-state index contributed by atoms with van der Waals surface area (Å²) in [6, 6.07) is 0. The van der Waals surface area contributed by atoms with Gasteiger partial charge in [0.05, 0.1) is 6.10 Å². The monoisotopic (exact) mass is 212 g/mol. The van der Waals surface area contributed by atoms with Crippen molar-refractivity contribution in [2.24, 2.45) is 16.8 Å². The molecule has 1 aromatic rings. The Morgan fingerprint density at radius 1 is 1.53 bits per heavy atom. The van der Waals surface area contributed by atoms with E-state index in [-0.39, 0.29) is 17.6 Å². The predicted molar refractivity (Wildman–Crippen MR) is 49.2 cm³/mol. The summed E-state index contributed by atoms with van der Waals surface area (Å²) in [6.07, 6.45) is 1.93. The minimum absolute atomic E-state index is 0.105. The van der Waals surface area contributed by atoms with Gasteiger partial charge < -0.3 is 16.0 Å². The Labute approximate surface area is 85.5 Å². The third kappa shape index (κ3) is 1.91. The number of rotatable bonds is 3. The minimum Gasteiger partial charge on any atom is -0.409 e. The van der Waals surface area contributed by atoms with Gasteiger partial charge in [-0.15, -0.1) is 0 Å². The average molecular weight is 212 g/mol. The number of oxime groups is 1. The molecule has 0 spiro atoms. The molecule has 0 aliphatic heterocycles. The molecule has 0 unspecified atom stereocenters. The van der Waals surface area contributed by atoms with Crippen LogP contribution in [-0.4, -0.2) is 32.6 Å². The molecule has 1 aromatic heterocycles. The van der Waals surface area contributed by atoms with E-state index >= 15 is 0 Å². The van der Waals surface area contributed by atoms with Gasteiger partial charge in [0, 0.05) is 0 Å². The van der Waals surface area contributed by atoms with Crippen LogP contribution in [0.4, 0.5) is 0 Å². The number of aliphatic hydroxyl groups excluding tert-OH is 1. The Balaban J connectivity index is 2.05. The van der Waals surface area contributed by atoms with Crippen LogP contribution < -0.4 is 5.73 Å². The normalized spacial score (nSPS) is 26.3. The van der Waals surface area contributed by atoms with E-state index in [1.165, 1.54) is 0 Å². The van der Waals surface area contributed by atoms with Crippen LogP contribution in [-0.2, 0) is 6.42 Å². The molecule has 1 aliphatic carbocycles. The van der Waals surface area contributed by atoms with Gasteiger partial charge in [-0.3, -0.25) is 0 Å². The van der Waals surface area contributed by atoms with E-state index in [1.54, 1.807) is 0 Å². The van der Waals surface area contributed by atoms with Gasteiger partial charge in [-0.2, -0.15) is 0 Å². The molecular weight excluding hydrogens is 200 g/mol. The molecule has 1 fully saturated rings. The van der Waals surface area contributed by atoms with Crippen LogP contribution >= 0.6 is 0 Å². The summed E-state index contributed by atoms with van der Waals surface area (Å²) < 4.78 is 4.53. The molecule has 1 saturated carbocycles. The van der Waals surface area contributed by atoms with Crippen molar-refractivity contribution in [3.05, 3.63) is 11.4 Å². The van der Waals surface area contributed by atoms with E-state index in [1.807, 2.05) is 0 Å². The highest BCUT2D eigenvalue weighted by molar-refractivity contribution is 5.95. The molecule has 0 aromatic carbocycles. The summed E-state index contributed by atoms with van der Waals surface area (Å²) >= 11 is 0. The van der Waals surface area contributed by atoms with Crippen molar-refractivity contribution < 1.29 is 14.9 Å². The Bertz CT molecular complexity index is 370. The topological polar surface area (TPSA) is 118 Å². The smallest absolute Gasteiger partial charge is 0.194 e. The van der Waals surface area contributed by atoms with Gasteiger partial charge in [0.25, 0.3) is 0 Å². The van der Waals surface area contributed by atoms with E-state index in [0.717, 1.165) is 12.8 Å². The highest BCUT2D eigenvalue weighted by atomic mass is 16.6. The quantitative estimate of drug-likeness (QED) is 0.268. The fraction of sp³-hybridized carbons (Fsp3) is 0.625. The number of aromatic nitrogens is 2. The SMILES string of the molecule is NC(=NO)c1nonc1CC1CC(O)C1. The first-order chi connectivity index (χ1) is 7.20. The third-order valence-corrected chi connectivity index (χ3v) is 2.60. The minimum atomic E-state index is -0.206. The lowest BCUT2D eigenvalue weighted by Gasteiger charge is -2.30. The second-order valence-corrected chi connectivity index (χ2v) is 3.74. The summed E-state index contributed by atoms with van der Waals surface area (Å²) in [5.74, 6) is 0.267. The molecule has 82 valence electrons. The third-order valence-electron chi connectivity index (χ3n) is 2.60. The lowest BCUT2D eigenvalue weighted by molar-refractivity contribution is 0.0424. The second-order valence-electron chi connectivity index (χ2n) is 3.74. The maximum absolute atomic E-state index is 9.12. The second kappa shape index (κ2) is 3.85. The summed E-state index contributed by atoms with van der Waals surface area (Å²) in [5.41, 5.74) is 6.24. The van der Waals surface area contributed by atoms with Gasteiger partial charge in [0.2, 0.25) is 0 Å². The molecule has 1 heterocycles.